The average Bonchev–Trinajstić information content (AvgIpc) is 2.62. The number of piperidine rings is 1. The summed E-state index contributed by atoms with van der Waals surface area (Å²) in [5, 5.41) is 3.75. The van der Waals surface area contributed by atoms with Crippen LogP contribution in [0.4, 0.5) is 5.69 Å². The van der Waals surface area contributed by atoms with Crippen molar-refractivity contribution in [3.63, 3.8) is 0 Å². The third-order valence-corrected chi connectivity index (χ3v) is 5.43. The first kappa shape index (κ1) is 18.0. The maximum Gasteiger partial charge on any atom is 0.271 e. The van der Waals surface area contributed by atoms with Crippen molar-refractivity contribution >= 4 is 17.3 Å². The Bertz CT molecular complexity index is 785. The van der Waals surface area contributed by atoms with Gasteiger partial charge >= 0.3 is 0 Å². The first-order valence-corrected chi connectivity index (χ1v) is 9.24. The minimum Gasteiger partial charge on any atom is -0.380 e. The Morgan fingerprint density at radius 2 is 1.88 bits per heavy atom. The third kappa shape index (κ3) is 4.07. The van der Waals surface area contributed by atoms with Crippen LogP contribution in [0.15, 0.2) is 41.3 Å². The Labute approximate surface area is 154 Å². The van der Waals surface area contributed by atoms with E-state index in [-0.39, 0.29) is 16.6 Å². The van der Waals surface area contributed by atoms with Gasteiger partial charge in [0.05, 0.1) is 5.69 Å². The topological polar surface area (TPSA) is 37.3 Å². The number of nitrogens with one attached hydrogen (secondary N) is 1. The number of anilines is 1. The van der Waals surface area contributed by atoms with Gasteiger partial charge in [0.2, 0.25) is 0 Å². The van der Waals surface area contributed by atoms with Crippen molar-refractivity contribution in [1.29, 1.82) is 0 Å². The van der Waals surface area contributed by atoms with Crippen LogP contribution in [0, 0.1) is 0 Å². The van der Waals surface area contributed by atoms with Gasteiger partial charge in [0.25, 0.3) is 5.56 Å². The quantitative estimate of drug-likeness (QED) is 0.907. The van der Waals surface area contributed by atoms with Gasteiger partial charge < -0.3 is 14.8 Å². The number of aromatic nitrogens is 1. The molecule has 0 radical (unpaired) electrons. The number of hydrogen-bond acceptors (Lipinski definition) is 3. The van der Waals surface area contributed by atoms with Crippen molar-refractivity contribution in [2.45, 2.75) is 31.7 Å². The number of benzene rings is 1. The summed E-state index contributed by atoms with van der Waals surface area (Å²) in [6.07, 6.45) is 3.85. The molecular weight excluding hydrogens is 334 g/mol. The first-order valence-electron chi connectivity index (χ1n) is 8.87. The van der Waals surface area contributed by atoms with Crippen LogP contribution in [0.5, 0.6) is 0 Å². The number of halogens is 1. The van der Waals surface area contributed by atoms with E-state index in [9.17, 15) is 4.79 Å². The van der Waals surface area contributed by atoms with Crippen molar-refractivity contribution in [3.05, 3.63) is 63.0 Å². The van der Waals surface area contributed by atoms with Crippen molar-refractivity contribution < 1.29 is 0 Å². The van der Waals surface area contributed by atoms with E-state index in [0.29, 0.717) is 5.92 Å². The number of likely N-dealkylation sites (N-methyl/N-ethyl adjacent to an activating group) is 1. The number of likely N-dealkylation sites (tertiary alicyclic amines) is 1. The standard InChI is InChI=1S/C20H26ClN3O/c1-4-14-5-7-15(8-6-14)16-11-17(13-23(2)12-16)22-18-9-10-24(3)20(25)19(18)21/h5-10,16-17,22H,4,11-13H2,1-3H3. The van der Waals surface area contributed by atoms with E-state index in [0.717, 1.165) is 31.6 Å². The highest BCUT2D eigenvalue weighted by Crippen LogP contribution is 2.29. The first-order chi connectivity index (χ1) is 12.0. The lowest BCUT2D eigenvalue weighted by Gasteiger charge is -2.37. The predicted octanol–water partition coefficient (Wildman–Crippen LogP) is 3.50. The van der Waals surface area contributed by atoms with Crippen LogP contribution < -0.4 is 10.9 Å². The zero-order valence-electron chi connectivity index (χ0n) is 15.1. The van der Waals surface area contributed by atoms with E-state index in [2.05, 4.69) is 48.5 Å². The van der Waals surface area contributed by atoms with Crippen molar-refractivity contribution in [1.82, 2.24) is 9.47 Å². The fourth-order valence-electron chi connectivity index (χ4n) is 3.62. The van der Waals surface area contributed by atoms with Crippen LogP contribution in [0.2, 0.25) is 5.02 Å². The van der Waals surface area contributed by atoms with Gasteiger partial charge in [0.1, 0.15) is 5.02 Å². The van der Waals surface area contributed by atoms with E-state index in [1.807, 2.05) is 6.07 Å². The van der Waals surface area contributed by atoms with Crippen molar-refractivity contribution in [2.75, 3.05) is 25.5 Å². The Morgan fingerprint density at radius 3 is 2.56 bits per heavy atom. The van der Waals surface area contributed by atoms with Gasteiger partial charge in [-0.2, -0.15) is 0 Å². The molecule has 1 aliphatic heterocycles. The van der Waals surface area contributed by atoms with Crippen molar-refractivity contribution in [3.8, 4) is 0 Å². The average molecular weight is 360 g/mol. The number of hydrogen-bond donors (Lipinski definition) is 1. The zero-order valence-corrected chi connectivity index (χ0v) is 15.9. The number of rotatable bonds is 4. The summed E-state index contributed by atoms with van der Waals surface area (Å²) in [6, 6.07) is 11.1. The Kier molecular flexibility index (Phi) is 5.50. The molecule has 5 heteroatoms. The highest BCUT2D eigenvalue weighted by molar-refractivity contribution is 6.33. The molecule has 1 aliphatic rings. The second-order valence-corrected chi connectivity index (χ2v) is 7.43. The summed E-state index contributed by atoms with van der Waals surface area (Å²) in [5.41, 5.74) is 3.31. The molecule has 1 fully saturated rings. The minimum atomic E-state index is -0.164. The highest BCUT2D eigenvalue weighted by atomic mass is 35.5. The minimum absolute atomic E-state index is 0.164. The number of pyridine rings is 1. The molecule has 2 atom stereocenters. The fourth-order valence-corrected chi connectivity index (χ4v) is 3.87. The highest BCUT2D eigenvalue weighted by Gasteiger charge is 2.27. The summed E-state index contributed by atoms with van der Waals surface area (Å²) in [6.45, 7) is 4.17. The molecule has 1 aromatic heterocycles. The molecule has 2 heterocycles. The molecular formula is C20H26ClN3O. The predicted molar refractivity (Wildman–Crippen MR) is 105 cm³/mol. The molecule has 2 unspecified atom stereocenters. The summed E-state index contributed by atoms with van der Waals surface area (Å²) in [7, 11) is 3.86. The van der Waals surface area contributed by atoms with E-state index in [4.69, 9.17) is 11.6 Å². The van der Waals surface area contributed by atoms with Crippen LogP contribution in [0.3, 0.4) is 0 Å². The van der Waals surface area contributed by atoms with E-state index in [1.54, 1.807) is 13.2 Å². The smallest absolute Gasteiger partial charge is 0.271 e. The number of nitrogens with zero attached hydrogens (tertiary/aromatic N) is 2. The van der Waals surface area contributed by atoms with Gasteiger partial charge in [-0.3, -0.25) is 4.79 Å². The molecule has 1 aromatic carbocycles. The lowest BCUT2D eigenvalue weighted by Crippen LogP contribution is -2.43. The largest absolute Gasteiger partial charge is 0.380 e. The molecule has 3 rings (SSSR count). The summed E-state index contributed by atoms with van der Waals surface area (Å²) in [5.74, 6) is 0.479. The van der Waals surface area contributed by atoms with E-state index in [1.165, 1.54) is 15.7 Å². The van der Waals surface area contributed by atoms with Crippen LogP contribution in [-0.4, -0.2) is 35.6 Å². The van der Waals surface area contributed by atoms with Crippen LogP contribution in [0.25, 0.3) is 0 Å². The molecule has 1 N–H and O–H groups in total. The Morgan fingerprint density at radius 1 is 1.16 bits per heavy atom. The van der Waals surface area contributed by atoms with Gasteiger partial charge in [-0.1, -0.05) is 42.8 Å². The van der Waals surface area contributed by atoms with E-state index < -0.39 is 0 Å². The number of aryl methyl sites for hydroxylation is 2. The summed E-state index contributed by atoms with van der Waals surface area (Å²) in [4.78, 5) is 14.4. The molecule has 0 spiro atoms. The molecule has 0 bridgehead atoms. The maximum absolute atomic E-state index is 12.0. The van der Waals surface area contributed by atoms with Crippen LogP contribution in [-0.2, 0) is 13.5 Å². The van der Waals surface area contributed by atoms with Crippen molar-refractivity contribution in [2.24, 2.45) is 7.05 Å². The van der Waals surface area contributed by atoms with Gasteiger partial charge in [0, 0.05) is 32.4 Å². The lowest BCUT2D eigenvalue weighted by molar-refractivity contribution is 0.235. The monoisotopic (exact) mass is 359 g/mol. The summed E-state index contributed by atoms with van der Waals surface area (Å²) >= 11 is 6.23. The van der Waals surface area contributed by atoms with Crippen LogP contribution in [0.1, 0.15) is 30.4 Å². The second-order valence-electron chi connectivity index (χ2n) is 7.05. The molecule has 2 aromatic rings. The maximum atomic E-state index is 12.0. The molecule has 4 nitrogen and oxygen atoms in total. The molecule has 0 saturated carbocycles. The fraction of sp³-hybridized carbons (Fsp3) is 0.450. The molecule has 0 amide bonds. The molecule has 1 saturated heterocycles. The molecule has 0 aliphatic carbocycles. The molecule has 25 heavy (non-hydrogen) atoms. The third-order valence-electron chi connectivity index (χ3n) is 5.06. The van der Waals surface area contributed by atoms with E-state index >= 15 is 0 Å². The summed E-state index contributed by atoms with van der Waals surface area (Å²) < 4.78 is 1.50. The lowest BCUT2D eigenvalue weighted by atomic mass is 9.87. The Hall–Kier alpha value is -1.78. The SMILES string of the molecule is CCc1ccc(C2CC(Nc3ccn(C)c(=O)c3Cl)CN(C)C2)cc1. The second kappa shape index (κ2) is 7.63. The molecule has 134 valence electrons. The normalized spacial score (nSPS) is 21.3. The zero-order chi connectivity index (χ0) is 18.0. The van der Waals surface area contributed by atoms with Gasteiger partial charge in [-0.05, 0) is 43.0 Å². The van der Waals surface area contributed by atoms with Gasteiger partial charge in [0.15, 0.2) is 0 Å². The Balaban J connectivity index is 1.76. The van der Waals surface area contributed by atoms with Gasteiger partial charge in [-0.25, -0.2) is 0 Å². The van der Waals surface area contributed by atoms with Crippen LogP contribution >= 0.6 is 11.6 Å². The van der Waals surface area contributed by atoms with Gasteiger partial charge in [-0.15, -0.1) is 0 Å².